The van der Waals surface area contributed by atoms with E-state index in [0.717, 1.165) is 37.7 Å². The third kappa shape index (κ3) is 4.20. The first kappa shape index (κ1) is 13.2. The predicted molar refractivity (Wildman–Crippen MR) is 70.3 cm³/mol. The molecule has 0 bridgehead atoms. The average molecular weight is 251 g/mol. The highest BCUT2D eigenvalue weighted by Gasteiger charge is 2.12. The standard InChI is InChI=1S/C14H21NO3/c1-2-17-13-4-3-5-14(10-13)18-8-6-12-11-16-9-7-15-12/h3-5,10,12,15H,2,6-9,11H2,1H3. The molecule has 0 saturated carbocycles. The van der Waals surface area contributed by atoms with Crippen LogP contribution in [0.2, 0.25) is 0 Å². The second-order valence-corrected chi connectivity index (χ2v) is 4.27. The van der Waals surface area contributed by atoms with Crippen molar-refractivity contribution in [3.05, 3.63) is 24.3 Å². The van der Waals surface area contributed by atoms with Gasteiger partial charge in [0, 0.05) is 18.7 Å². The van der Waals surface area contributed by atoms with E-state index in [-0.39, 0.29) is 0 Å². The van der Waals surface area contributed by atoms with Crippen LogP contribution in [0.3, 0.4) is 0 Å². The van der Waals surface area contributed by atoms with Crippen molar-refractivity contribution in [1.82, 2.24) is 5.32 Å². The predicted octanol–water partition coefficient (Wildman–Crippen LogP) is 1.84. The summed E-state index contributed by atoms with van der Waals surface area (Å²) >= 11 is 0. The first-order valence-electron chi connectivity index (χ1n) is 6.55. The van der Waals surface area contributed by atoms with Gasteiger partial charge in [-0.3, -0.25) is 0 Å². The molecule has 0 aliphatic carbocycles. The van der Waals surface area contributed by atoms with Crippen LogP contribution in [0.1, 0.15) is 13.3 Å². The first-order chi connectivity index (χ1) is 8.88. The third-order valence-corrected chi connectivity index (χ3v) is 2.85. The summed E-state index contributed by atoms with van der Waals surface area (Å²) < 4.78 is 16.5. The van der Waals surface area contributed by atoms with Crippen molar-refractivity contribution < 1.29 is 14.2 Å². The van der Waals surface area contributed by atoms with Gasteiger partial charge in [0.05, 0.1) is 26.4 Å². The Hall–Kier alpha value is -1.26. The van der Waals surface area contributed by atoms with E-state index < -0.39 is 0 Å². The molecule has 1 unspecified atom stereocenters. The van der Waals surface area contributed by atoms with Gasteiger partial charge in [-0.05, 0) is 25.5 Å². The summed E-state index contributed by atoms with van der Waals surface area (Å²) in [5.41, 5.74) is 0. The Kier molecular flexibility index (Phi) is 5.30. The fraction of sp³-hybridized carbons (Fsp3) is 0.571. The van der Waals surface area contributed by atoms with Crippen molar-refractivity contribution in [3.63, 3.8) is 0 Å². The molecule has 1 fully saturated rings. The largest absolute Gasteiger partial charge is 0.494 e. The SMILES string of the molecule is CCOc1cccc(OCCC2COCCN2)c1. The van der Waals surface area contributed by atoms with E-state index in [4.69, 9.17) is 14.2 Å². The Morgan fingerprint density at radius 1 is 1.33 bits per heavy atom. The fourth-order valence-corrected chi connectivity index (χ4v) is 1.94. The molecule has 1 atom stereocenters. The lowest BCUT2D eigenvalue weighted by Gasteiger charge is -2.23. The normalized spacial score (nSPS) is 19.5. The summed E-state index contributed by atoms with van der Waals surface area (Å²) in [6.07, 6.45) is 0.957. The summed E-state index contributed by atoms with van der Waals surface area (Å²) in [5.74, 6) is 1.71. The molecule has 2 rings (SSSR count). The van der Waals surface area contributed by atoms with Crippen LogP contribution < -0.4 is 14.8 Å². The molecule has 100 valence electrons. The van der Waals surface area contributed by atoms with Crippen molar-refractivity contribution in [1.29, 1.82) is 0 Å². The number of nitrogens with one attached hydrogen (secondary N) is 1. The summed E-state index contributed by atoms with van der Waals surface area (Å²) in [4.78, 5) is 0. The second-order valence-electron chi connectivity index (χ2n) is 4.27. The van der Waals surface area contributed by atoms with E-state index in [1.54, 1.807) is 0 Å². The minimum atomic E-state index is 0.411. The summed E-state index contributed by atoms with van der Waals surface area (Å²) in [6.45, 7) is 5.87. The van der Waals surface area contributed by atoms with Gasteiger partial charge in [0.15, 0.2) is 0 Å². The molecule has 4 nitrogen and oxygen atoms in total. The molecule has 1 aromatic rings. The molecule has 0 aromatic heterocycles. The molecule has 1 saturated heterocycles. The number of hydrogen-bond donors (Lipinski definition) is 1. The number of hydrogen-bond acceptors (Lipinski definition) is 4. The second kappa shape index (κ2) is 7.24. The molecule has 0 amide bonds. The Balaban J connectivity index is 1.73. The van der Waals surface area contributed by atoms with E-state index in [9.17, 15) is 0 Å². The van der Waals surface area contributed by atoms with Crippen LogP contribution in [0.15, 0.2) is 24.3 Å². The molecule has 1 aliphatic rings. The molecular formula is C14H21NO3. The molecule has 1 aromatic carbocycles. The number of benzene rings is 1. The lowest BCUT2D eigenvalue weighted by Crippen LogP contribution is -2.41. The van der Waals surface area contributed by atoms with Crippen molar-refractivity contribution in [2.24, 2.45) is 0 Å². The van der Waals surface area contributed by atoms with Gasteiger partial charge in [0.25, 0.3) is 0 Å². The zero-order valence-corrected chi connectivity index (χ0v) is 10.9. The topological polar surface area (TPSA) is 39.7 Å². The van der Waals surface area contributed by atoms with E-state index in [2.05, 4.69) is 5.32 Å². The highest BCUT2D eigenvalue weighted by Crippen LogP contribution is 2.19. The van der Waals surface area contributed by atoms with E-state index in [1.807, 2.05) is 31.2 Å². The Morgan fingerprint density at radius 3 is 2.89 bits per heavy atom. The Labute approximate surface area is 108 Å². The molecule has 1 N–H and O–H groups in total. The number of rotatable bonds is 6. The third-order valence-electron chi connectivity index (χ3n) is 2.85. The Bertz CT molecular complexity index is 351. The molecule has 18 heavy (non-hydrogen) atoms. The van der Waals surface area contributed by atoms with Crippen molar-refractivity contribution >= 4 is 0 Å². The van der Waals surface area contributed by atoms with Crippen LogP contribution in [0, 0.1) is 0 Å². The quantitative estimate of drug-likeness (QED) is 0.837. The van der Waals surface area contributed by atoms with Gasteiger partial charge >= 0.3 is 0 Å². The minimum Gasteiger partial charge on any atom is -0.494 e. The molecule has 4 heteroatoms. The van der Waals surface area contributed by atoms with Crippen LogP contribution >= 0.6 is 0 Å². The molecule has 1 heterocycles. The highest BCUT2D eigenvalue weighted by molar-refractivity contribution is 5.32. The monoisotopic (exact) mass is 251 g/mol. The van der Waals surface area contributed by atoms with E-state index >= 15 is 0 Å². The minimum absolute atomic E-state index is 0.411. The highest BCUT2D eigenvalue weighted by atomic mass is 16.5. The maximum absolute atomic E-state index is 5.72. The van der Waals surface area contributed by atoms with Gasteiger partial charge in [-0.2, -0.15) is 0 Å². The number of morpholine rings is 1. The molecular weight excluding hydrogens is 230 g/mol. The van der Waals surface area contributed by atoms with E-state index in [1.165, 1.54) is 0 Å². The van der Waals surface area contributed by atoms with Crippen LogP contribution in [0.4, 0.5) is 0 Å². The van der Waals surface area contributed by atoms with Gasteiger partial charge in [0.2, 0.25) is 0 Å². The van der Waals surface area contributed by atoms with Gasteiger partial charge in [-0.1, -0.05) is 6.07 Å². The van der Waals surface area contributed by atoms with Gasteiger partial charge in [-0.25, -0.2) is 0 Å². The van der Waals surface area contributed by atoms with Crippen molar-refractivity contribution in [2.75, 3.05) is 33.0 Å². The van der Waals surface area contributed by atoms with Crippen LogP contribution in [0.25, 0.3) is 0 Å². The van der Waals surface area contributed by atoms with Crippen molar-refractivity contribution in [2.45, 2.75) is 19.4 Å². The smallest absolute Gasteiger partial charge is 0.122 e. The summed E-state index contributed by atoms with van der Waals surface area (Å²) in [5, 5.41) is 3.41. The number of ether oxygens (including phenoxy) is 3. The first-order valence-corrected chi connectivity index (χ1v) is 6.55. The summed E-state index contributed by atoms with van der Waals surface area (Å²) in [7, 11) is 0. The lowest BCUT2D eigenvalue weighted by molar-refractivity contribution is 0.0691. The van der Waals surface area contributed by atoms with Gasteiger partial charge in [-0.15, -0.1) is 0 Å². The molecule has 1 aliphatic heterocycles. The maximum Gasteiger partial charge on any atom is 0.122 e. The zero-order chi connectivity index (χ0) is 12.6. The maximum atomic E-state index is 5.72. The lowest BCUT2D eigenvalue weighted by atomic mass is 10.2. The molecule has 0 radical (unpaired) electrons. The van der Waals surface area contributed by atoms with Crippen molar-refractivity contribution in [3.8, 4) is 11.5 Å². The Morgan fingerprint density at radius 2 is 2.17 bits per heavy atom. The average Bonchev–Trinajstić information content (AvgIpc) is 2.41. The fourth-order valence-electron chi connectivity index (χ4n) is 1.94. The van der Waals surface area contributed by atoms with E-state index in [0.29, 0.717) is 19.3 Å². The van der Waals surface area contributed by atoms with Gasteiger partial charge in [0.1, 0.15) is 11.5 Å². The molecule has 0 spiro atoms. The van der Waals surface area contributed by atoms with Crippen LogP contribution in [0.5, 0.6) is 11.5 Å². The summed E-state index contributed by atoms with van der Waals surface area (Å²) in [6, 6.07) is 8.17. The van der Waals surface area contributed by atoms with Crippen LogP contribution in [-0.4, -0.2) is 39.0 Å². The van der Waals surface area contributed by atoms with Gasteiger partial charge < -0.3 is 19.5 Å². The zero-order valence-electron chi connectivity index (χ0n) is 10.9. The van der Waals surface area contributed by atoms with Crippen LogP contribution in [-0.2, 0) is 4.74 Å².